The van der Waals surface area contributed by atoms with Gasteiger partial charge in [-0.1, -0.05) is 18.6 Å². The topological polar surface area (TPSA) is 90.2 Å². The van der Waals surface area contributed by atoms with Crippen LogP contribution in [0.4, 0.5) is 5.69 Å². The van der Waals surface area contributed by atoms with Crippen LogP contribution in [0.2, 0.25) is 0 Å². The molecule has 8 nitrogen and oxygen atoms in total. The highest BCUT2D eigenvalue weighted by Crippen LogP contribution is 2.27. The van der Waals surface area contributed by atoms with Crippen LogP contribution in [0.25, 0.3) is 0 Å². The first-order valence-corrected chi connectivity index (χ1v) is 11.4. The fourth-order valence-electron chi connectivity index (χ4n) is 3.93. The molecule has 1 saturated heterocycles. The summed E-state index contributed by atoms with van der Waals surface area (Å²) in [4.78, 5) is 33.5. The Hall–Kier alpha value is -2.56. The van der Waals surface area contributed by atoms with Crippen molar-refractivity contribution in [3.05, 3.63) is 54.0 Å². The predicted molar refractivity (Wildman–Crippen MR) is 139 cm³/mol. The number of guanidine groups is 1. The zero-order valence-corrected chi connectivity index (χ0v) is 21.3. The molecule has 4 rings (SSSR count). The fourth-order valence-corrected chi connectivity index (χ4v) is 3.93. The summed E-state index contributed by atoms with van der Waals surface area (Å²) in [5.41, 5.74) is 1.86. The van der Waals surface area contributed by atoms with Crippen LogP contribution in [0.1, 0.15) is 42.3 Å². The Balaban J connectivity index is 0.00000306. The number of anilines is 1. The SMILES string of the molecule is CCNC(=NCc1cccc(NC(=O)C2CCC2)c1)N1CCN(C(=O)c2ccco2)CC1.I. The molecule has 2 heterocycles. The molecule has 1 aliphatic heterocycles. The van der Waals surface area contributed by atoms with Crippen LogP contribution >= 0.6 is 24.0 Å². The molecule has 2 aliphatic rings. The fraction of sp³-hybridized carbons (Fsp3) is 0.458. The van der Waals surface area contributed by atoms with Crippen molar-refractivity contribution < 1.29 is 14.0 Å². The van der Waals surface area contributed by atoms with Crippen LogP contribution in [0.15, 0.2) is 52.1 Å². The number of aliphatic imine (C=N–C) groups is 1. The van der Waals surface area contributed by atoms with Gasteiger partial charge in [0.1, 0.15) is 0 Å². The highest BCUT2D eigenvalue weighted by atomic mass is 127. The number of nitrogens with one attached hydrogen (secondary N) is 2. The Morgan fingerprint density at radius 3 is 2.48 bits per heavy atom. The van der Waals surface area contributed by atoms with Gasteiger partial charge in [-0.15, -0.1) is 24.0 Å². The molecule has 2 amide bonds. The van der Waals surface area contributed by atoms with E-state index in [0.717, 1.165) is 43.0 Å². The minimum atomic E-state index is -0.0719. The molecule has 9 heteroatoms. The largest absolute Gasteiger partial charge is 0.459 e. The molecule has 2 aromatic rings. The second-order valence-electron chi connectivity index (χ2n) is 8.24. The number of piperazine rings is 1. The number of amides is 2. The maximum absolute atomic E-state index is 12.5. The number of carbonyl (C=O) groups excluding carboxylic acids is 2. The number of carbonyl (C=O) groups is 2. The Kier molecular flexibility index (Phi) is 9.16. The molecule has 1 saturated carbocycles. The quantitative estimate of drug-likeness (QED) is 0.318. The maximum Gasteiger partial charge on any atom is 0.289 e. The molecule has 0 spiro atoms. The lowest BCUT2D eigenvalue weighted by Crippen LogP contribution is -2.53. The van der Waals surface area contributed by atoms with Crippen LogP contribution in [-0.2, 0) is 11.3 Å². The van der Waals surface area contributed by atoms with Gasteiger partial charge >= 0.3 is 0 Å². The summed E-state index contributed by atoms with van der Waals surface area (Å²) in [6, 6.07) is 11.3. The van der Waals surface area contributed by atoms with Crippen molar-refractivity contribution in [1.82, 2.24) is 15.1 Å². The van der Waals surface area contributed by atoms with Crippen LogP contribution in [0.5, 0.6) is 0 Å². The van der Waals surface area contributed by atoms with Gasteiger partial charge in [-0.2, -0.15) is 0 Å². The zero-order valence-electron chi connectivity index (χ0n) is 19.0. The molecule has 2 fully saturated rings. The summed E-state index contributed by atoms with van der Waals surface area (Å²) in [7, 11) is 0. The third-order valence-electron chi connectivity index (χ3n) is 6.02. The normalized spacial score (nSPS) is 16.6. The monoisotopic (exact) mass is 565 g/mol. The van der Waals surface area contributed by atoms with Gasteiger partial charge in [0.15, 0.2) is 11.7 Å². The standard InChI is InChI=1S/C24H31N5O3.HI/c1-2-25-24(29-13-11-28(12-14-29)23(31)21-10-5-15-32-21)26-17-18-6-3-9-20(16-18)27-22(30)19-7-4-8-19;/h3,5-6,9-10,15-16,19H,2,4,7-8,11-14,17H2,1H3,(H,25,26)(H,27,30);1H. The van der Waals surface area contributed by atoms with E-state index in [9.17, 15) is 9.59 Å². The molecule has 1 aromatic carbocycles. The number of nitrogens with zero attached hydrogens (tertiary/aromatic N) is 3. The molecular weight excluding hydrogens is 533 g/mol. The first-order chi connectivity index (χ1) is 15.6. The van der Waals surface area contributed by atoms with Gasteiger partial charge < -0.3 is 24.9 Å². The van der Waals surface area contributed by atoms with Crippen molar-refractivity contribution in [2.75, 3.05) is 38.0 Å². The molecule has 1 aliphatic carbocycles. The minimum Gasteiger partial charge on any atom is -0.459 e. The first kappa shape index (κ1) is 25.1. The molecular formula is C24H32IN5O3. The lowest BCUT2D eigenvalue weighted by molar-refractivity contribution is -0.122. The molecule has 0 radical (unpaired) electrons. The van der Waals surface area contributed by atoms with Gasteiger partial charge in [-0.25, -0.2) is 4.99 Å². The predicted octanol–water partition coefficient (Wildman–Crippen LogP) is 3.56. The van der Waals surface area contributed by atoms with Crippen molar-refractivity contribution in [3.8, 4) is 0 Å². The number of hydrogen-bond donors (Lipinski definition) is 2. The van der Waals surface area contributed by atoms with E-state index >= 15 is 0 Å². The molecule has 0 atom stereocenters. The highest BCUT2D eigenvalue weighted by molar-refractivity contribution is 14.0. The third kappa shape index (κ3) is 6.49. The van der Waals surface area contributed by atoms with Crippen molar-refractivity contribution in [1.29, 1.82) is 0 Å². The second kappa shape index (κ2) is 12.1. The summed E-state index contributed by atoms with van der Waals surface area (Å²) < 4.78 is 5.24. The van der Waals surface area contributed by atoms with Gasteiger partial charge in [0, 0.05) is 44.3 Å². The third-order valence-corrected chi connectivity index (χ3v) is 6.02. The summed E-state index contributed by atoms with van der Waals surface area (Å²) in [5, 5.41) is 6.38. The van der Waals surface area contributed by atoms with Crippen molar-refractivity contribution in [2.45, 2.75) is 32.7 Å². The molecule has 178 valence electrons. The van der Waals surface area contributed by atoms with Gasteiger partial charge in [0.2, 0.25) is 5.91 Å². The second-order valence-corrected chi connectivity index (χ2v) is 8.24. The van der Waals surface area contributed by atoms with Crippen LogP contribution in [0.3, 0.4) is 0 Å². The van der Waals surface area contributed by atoms with Crippen LogP contribution in [0, 0.1) is 5.92 Å². The van der Waals surface area contributed by atoms with Gasteiger partial charge in [0.25, 0.3) is 5.91 Å². The van der Waals surface area contributed by atoms with E-state index in [1.807, 2.05) is 36.1 Å². The summed E-state index contributed by atoms with van der Waals surface area (Å²) in [6.07, 6.45) is 4.64. The van der Waals surface area contributed by atoms with E-state index in [4.69, 9.17) is 9.41 Å². The molecule has 2 N–H and O–H groups in total. The van der Waals surface area contributed by atoms with Gasteiger partial charge in [0.05, 0.1) is 12.8 Å². The number of benzene rings is 1. The highest BCUT2D eigenvalue weighted by Gasteiger charge is 2.26. The summed E-state index contributed by atoms with van der Waals surface area (Å²) >= 11 is 0. The van der Waals surface area contributed by atoms with Crippen LogP contribution < -0.4 is 10.6 Å². The van der Waals surface area contributed by atoms with Crippen LogP contribution in [-0.4, -0.2) is 60.3 Å². The van der Waals surface area contributed by atoms with Crippen molar-refractivity contribution in [2.24, 2.45) is 10.9 Å². The molecule has 1 aromatic heterocycles. The van der Waals surface area contributed by atoms with Crippen molar-refractivity contribution >= 4 is 47.4 Å². The number of hydrogen-bond acceptors (Lipinski definition) is 4. The lowest BCUT2D eigenvalue weighted by atomic mass is 9.85. The van der Waals surface area contributed by atoms with E-state index in [1.54, 1.807) is 12.1 Å². The first-order valence-electron chi connectivity index (χ1n) is 11.4. The molecule has 33 heavy (non-hydrogen) atoms. The van der Waals surface area contributed by atoms with Crippen molar-refractivity contribution in [3.63, 3.8) is 0 Å². The van der Waals surface area contributed by atoms with E-state index in [-0.39, 0.29) is 41.7 Å². The zero-order chi connectivity index (χ0) is 22.3. The van der Waals surface area contributed by atoms with E-state index < -0.39 is 0 Å². The van der Waals surface area contributed by atoms with Gasteiger partial charge in [-0.05, 0) is 49.6 Å². The minimum absolute atomic E-state index is 0. The lowest BCUT2D eigenvalue weighted by Gasteiger charge is -2.36. The Labute approximate surface area is 211 Å². The number of furan rings is 1. The molecule has 0 bridgehead atoms. The maximum atomic E-state index is 12.5. The Morgan fingerprint density at radius 2 is 1.85 bits per heavy atom. The summed E-state index contributed by atoms with van der Waals surface area (Å²) in [6.45, 7) is 5.97. The van der Waals surface area contributed by atoms with E-state index in [2.05, 4.69) is 15.5 Å². The van der Waals surface area contributed by atoms with Gasteiger partial charge in [-0.3, -0.25) is 9.59 Å². The smallest absolute Gasteiger partial charge is 0.289 e. The van der Waals surface area contributed by atoms with E-state index in [0.29, 0.717) is 38.5 Å². The van der Waals surface area contributed by atoms with E-state index in [1.165, 1.54) is 6.26 Å². The average Bonchev–Trinajstić information content (AvgIpc) is 3.30. The summed E-state index contributed by atoms with van der Waals surface area (Å²) in [5.74, 6) is 1.42. The number of rotatable bonds is 6. The molecule has 0 unspecified atom stereocenters. The Bertz CT molecular complexity index is 951. The number of halogens is 1. The Morgan fingerprint density at radius 1 is 1.09 bits per heavy atom. The average molecular weight is 565 g/mol.